The lowest BCUT2D eigenvalue weighted by atomic mass is 9.82. The number of aliphatic hydroxyl groups excluding tert-OH is 1. The van der Waals surface area contributed by atoms with Crippen LogP contribution < -0.4 is 0 Å². The molecule has 1 N–H and O–H groups in total. The molecule has 0 aliphatic carbocycles. The molecule has 15 heavy (non-hydrogen) atoms. The Bertz CT molecular complexity index is 201. The van der Waals surface area contributed by atoms with Crippen molar-refractivity contribution in [3.05, 3.63) is 0 Å². The molecule has 0 radical (unpaired) electrons. The molecule has 3 unspecified atom stereocenters. The van der Waals surface area contributed by atoms with Crippen molar-refractivity contribution in [1.82, 2.24) is 0 Å². The molecular formula is C12H22O3. The van der Waals surface area contributed by atoms with Crippen molar-refractivity contribution in [2.45, 2.75) is 63.3 Å². The lowest BCUT2D eigenvalue weighted by Crippen LogP contribution is -2.48. The summed E-state index contributed by atoms with van der Waals surface area (Å²) in [5.74, 6) is 0. The fraction of sp³-hybridized carbons (Fsp3) is 1.00. The van der Waals surface area contributed by atoms with Crippen LogP contribution >= 0.6 is 0 Å². The van der Waals surface area contributed by atoms with Crippen molar-refractivity contribution in [2.75, 3.05) is 13.2 Å². The van der Waals surface area contributed by atoms with Crippen LogP contribution in [0.1, 0.15) is 45.4 Å². The topological polar surface area (TPSA) is 38.7 Å². The molecule has 1 spiro atoms. The standard InChI is InChI=1S/C12H22O3/c1-2-3-11-9-12(5-7-14-11)8-10(13)4-6-15-12/h10-11,13H,2-9H2,1H3. The van der Waals surface area contributed by atoms with E-state index in [0.717, 1.165) is 45.1 Å². The van der Waals surface area contributed by atoms with Crippen LogP contribution in [-0.4, -0.2) is 36.1 Å². The molecule has 2 aliphatic heterocycles. The molecule has 2 aliphatic rings. The van der Waals surface area contributed by atoms with E-state index in [1.807, 2.05) is 0 Å². The summed E-state index contributed by atoms with van der Waals surface area (Å²) in [4.78, 5) is 0. The van der Waals surface area contributed by atoms with Crippen molar-refractivity contribution >= 4 is 0 Å². The molecule has 0 amide bonds. The predicted octanol–water partition coefficient (Wildman–Crippen LogP) is 1.88. The smallest absolute Gasteiger partial charge is 0.0753 e. The second-order valence-corrected chi connectivity index (χ2v) is 4.91. The summed E-state index contributed by atoms with van der Waals surface area (Å²) < 4.78 is 11.6. The van der Waals surface area contributed by atoms with Crippen LogP contribution in [0, 0.1) is 0 Å². The van der Waals surface area contributed by atoms with Gasteiger partial charge in [0.2, 0.25) is 0 Å². The van der Waals surface area contributed by atoms with Crippen LogP contribution in [0.3, 0.4) is 0 Å². The highest BCUT2D eigenvalue weighted by atomic mass is 16.5. The van der Waals surface area contributed by atoms with Gasteiger partial charge in [-0.1, -0.05) is 13.3 Å². The molecule has 0 aromatic carbocycles. The fourth-order valence-electron chi connectivity index (χ4n) is 2.81. The van der Waals surface area contributed by atoms with Gasteiger partial charge in [0.25, 0.3) is 0 Å². The zero-order chi connectivity index (χ0) is 10.7. The Morgan fingerprint density at radius 3 is 2.93 bits per heavy atom. The molecular weight excluding hydrogens is 192 g/mol. The van der Waals surface area contributed by atoms with Gasteiger partial charge in [0, 0.05) is 26.1 Å². The number of hydrogen-bond acceptors (Lipinski definition) is 3. The van der Waals surface area contributed by atoms with Gasteiger partial charge in [-0.05, 0) is 19.3 Å². The van der Waals surface area contributed by atoms with Crippen molar-refractivity contribution in [3.8, 4) is 0 Å². The summed E-state index contributed by atoms with van der Waals surface area (Å²) in [6.45, 7) is 3.68. The van der Waals surface area contributed by atoms with Gasteiger partial charge in [-0.25, -0.2) is 0 Å². The first kappa shape index (κ1) is 11.4. The molecule has 0 saturated carbocycles. The average molecular weight is 214 g/mol. The van der Waals surface area contributed by atoms with E-state index in [2.05, 4.69) is 6.92 Å². The number of aliphatic hydroxyl groups is 1. The van der Waals surface area contributed by atoms with E-state index in [0.29, 0.717) is 12.7 Å². The molecule has 0 bridgehead atoms. The number of ether oxygens (including phenoxy) is 2. The minimum atomic E-state index is -0.167. The van der Waals surface area contributed by atoms with E-state index in [4.69, 9.17) is 9.47 Å². The van der Waals surface area contributed by atoms with Crippen LogP contribution in [-0.2, 0) is 9.47 Å². The SMILES string of the molecule is CCCC1CC2(CCO1)CC(O)CCO2. The average Bonchev–Trinajstić information content (AvgIpc) is 2.17. The monoisotopic (exact) mass is 214 g/mol. The Hall–Kier alpha value is -0.120. The highest BCUT2D eigenvalue weighted by Crippen LogP contribution is 2.37. The fourth-order valence-corrected chi connectivity index (χ4v) is 2.81. The maximum absolute atomic E-state index is 9.72. The normalized spacial score (nSPS) is 42.0. The first-order valence-electron chi connectivity index (χ1n) is 6.18. The molecule has 2 saturated heterocycles. The van der Waals surface area contributed by atoms with Crippen LogP contribution in [0.2, 0.25) is 0 Å². The van der Waals surface area contributed by atoms with Gasteiger partial charge in [0.1, 0.15) is 0 Å². The van der Waals surface area contributed by atoms with Crippen molar-refractivity contribution in [3.63, 3.8) is 0 Å². The lowest BCUT2D eigenvalue weighted by Gasteiger charge is -2.44. The third-order valence-electron chi connectivity index (χ3n) is 3.59. The Kier molecular flexibility index (Phi) is 3.65. The second-order valence-electron chi connectivity index (χ2n) is 4.91. The van der Waals surface area contributed by atoms with Crippen LogP contribution in [0.5, 0.6) is 0 Å². The van der Waals surface area contributed by atoms with E-state index in [-0.39, 0.29) is 11.7 Å². The first-order valence-corrected chi connectivity index (χ1v) is 6.18. The quantitative estimate of drug-likeness (QED) is 0.762. The Balaban J connectivity index is 1.94. The summed E-state index contributed by atoms with van der Waals surface area (Å²) >= 11 is 0. The molecule has 3 nitrogen and oxygen atoms in total. The summed E-state index contributed by atoms with van der Waals surface area (Å²) in [5, 5.41) is 9.72. The zero-order valence-corrected chi connectivity index (χ0v) is 9.58. The molecule has 88 valence electrons. The van der Waals surface area contributed by atoms with Gasteiger partial charge in [-0.3, -0.25) is 0 Å². The van der Waals surface area contributed by atoms with Gasteiger partial charge in [0.05, 0.1) is 17.8 Å². The van der Waals surface area contributed by atoms with E-state index in [1.165, 1.54) is 0 Å². The summed E-state index contributed by atoms with van der Waals surface area (Å²) in [5.41, 5.74) is -0.0737. The molecule has 0 aromatic rings. The summed E-state index contributed by atoms with van der Waals surface area (Å²) in [7, 11) is 0. The van der Waals surface area contributed by atoms with Gasteiger partial charge in [0.15, 0.2) is 0 Å². The second kappa shape index (κ2) is 4.81. The summed E-state index contributed by atoms with van der Waals surface area (Å²) in [6.07, 6.45) is 5.96. The lowest BCUT2D eigenvalue weighted by molar-refractivity contribution is -0.179. The van der Waals surface area contributed by atoms with E-state index < -0.39 is 0 Å². The third-order valence-corrected chi connectivity index (χ3v) is 3.59. The maximum atomic E-state index is 9.72. The van der Waals surface area contributed by atoms with E-state index in [9.17, 15) is 5.11 Å². The van der Waals surface area contributed by atoms with Crippen molar-refractivity contribution in [2.24, 2.45) is 0 Å². The predicted molar refractivity (Wildman–Crippen MR) is 57.8 cm³/mol. The highest BCUT2D eigenvalue weighted by molar-refractivity contribution is 4.91. The van der Waals surface area contributed by atoms with E-state index in [1.54, 1.807) is 0 Å². The highest BCUT2D eigenvalue weighted by Gasteiger charge is 2.41. The van der Waals surface area contributed by atoms with Crippen molar-refractivity contribution < 1.29 is 14.6 Å². The van der Waals surface area contributed by atoms with Gasteiger partial charge < -0.3 is 14.6 Å². The van der Waals surface area contributed by atoms with Gasteiger partial charge in [-0.2, -0.15) is 0 Å². The van der Waals surface area contributed by atoms with Crippen molar-refractivity contribution in [1.29, 1.82) is 0 Å². The van der Waals surface area contributed by atoms with E-state index >= 15 is 0 Å². The minimum Gasteiger partial charge on any atom is -0.393 e. The van der Waals surface area contributed by atoms with Crippen LogP contribution in [0.4, 0.5) is 0 Å². The van der Waals surface area contributed by atoms with Crippen LogP contribution in [0.25, 0.3) is 0 Å². The molecule has 0 aromatic heterocycles. The molecule has 2 heterocycles. The molecule has 2 rings (SSSR count). The maximum Gasteiger partial charge on any atom is 0.0753 e. The van der Waals surface area contributed by atoms with Crippen LogP contribution in [0.15, 0.2) is 0 Å². The first-order chi connectivity index (χ1) is 7.24. The Morgan fingerprint density at radius 1 is 1.33 bits per heavy atom. The molecule has 3 atom stereocenters. The minimum absolute atomic E-state index is 0.0737. The van der Waals surface area contributed by atoms with Gasteiger partial charge in [-0.15, -0.1) is 0 Å². The zero-order valence-electron chi connectivity index (χ0n) is 9.58. The Labute approximate surface area is 91.8 Å². The number of rotatable bonds is 2. The number of hydrogen-bond donors (Lipinski definition) is 1. The molecule has 3 heteroatoms. The summed E-state index contributed by atoms with van der Waals surface area (Å²) in [6, 6.07) is 0. The Morgan fingerprint density at radius 2 is 2.20 bits per heavy atom. The van der Waals surface area contributed by atoms with Gasteiger partial charge >= 0.3 is 0 Å². The largest absolute Gasteiger partial charge is 0.393 e. The molecule has 2 fully saturated rings. The third kappa shape index (κ3) is 2.71.